The van der Waals surface area contributed by atoms with Gasteiger partial charge in [0, 0.05) is 35.6 Å². The average molecular weight is 1210 g/mol. The Morgan fingerprint density at radius 1 is 0.973 bits per heavy atom. The van der Waals surface area contributed by atoms with Gasteiger partial charge in [-0.3, -0.25) is 14.4 Å². The van der Waals surface area contributed by atoms with Gasteiger partial charge < -0.3 is 30.4 Å². The van der Waals surface area contributed by atoms with Crippen LogP contribution in [-0.2, 0) is 77.0 Å². The number of nitrogens with zero attached hydrogens (tertiary/aromatic N) is 3. The molecule has 3 aliphatic rings. The van der Waals surface area contributed by atoms with Crippen LogP contribution in [0.5, 0.6) is 0 Å². The van der Waals surface area contributed by atoms with Crippen molar-refractivity contribution in [1.82, 2.24) is 41.0 Å². The van der Waals surface area contributed by atoms with Crippen molar-refractivity contribution < 1.29 is 61.8 Å². The van der Waals surface area contributed by atoms with Crippen molar-refractivity contribution in [3.63, 3.8) is 0 Å². The van der Waals surface area contributed by atoms with Gasteiger partial charge in [-0.2, -0.15) is 0 Å². The monoisotopic (exact) mass is 1210 g/mol. The van der Waals surface area contributed by atoms with Crippen molar-refractivity contribution in [3.8, 4) is 11.4 Å². The second kappa shape index (κ2) is 30.4. The first kappa shape index (κ1) is 60.7. The van der Waals surface area contributed by atoms with E-state index in [9.17, 15) is 43.2 Å². The van der Waals surface area contributed by atoms with Crippen molar-refractivity contribution in [2.45, 2.75) is 94.4 Å². The number of aryl methyl sites for hydroxylation is 1. The zero-order chi connectivity index (χ0) is 54.4. The molecule has 0 spiro atoms. The van der Waals surface area contributed by atoms with E-state index in [1.165, 1.54) is 13.2 Å². The van der Waals surface area contributed by atoms with Gasteiger partial charge in [0.25, 0.3) is 5.56 Å². The molecule has 2 aromatic heterocycles. The molecule has 4 heterocycles. The number of methoxy groups -OCH3 is 1. The van der Waals surface area contributed by atoms with E-state index < -0.39 is 60.0 Å². The number of aromatic nitrogens is 2. The maximum absolute atomic E-state index is 15.3. The van der Waals surface area contributed by atoms with Gasteiger partial charge in [0.05, 0.1) is 30.1 Å². The quantitative estimate of drug-likeness (QED) is 0.0151. The number of rotatable bonds is 23. The van der Waals surface area contributed by atoms with E-state index in [1.807, 2.05) is 26.8 Å². The smallest absolute Gasteiger partial charge is 0.372 e. The van der Waals surface area contributed by atoms with E-state index in [2.05, 4.69) is 38.1 Å². The summed E-state index contributed by atoms with van der Waals surface area (Å²) in [6.07, 6.45) is 5.34. The molecule has 6 rings (SSSR count). The third-order valence-corrected chi connectivity index (χ3v) is 13.4. The van der Waals surface area contributed by atoms with Crippen LogP contribution >= 0.6 is 0 Å². The van der Waals surface area contributed by atoms with Gasteiger partial charge in [-0.05, 0) is 42.5 Å². The number of carbonyl (C=O) groups is 10. The van der Waals surface area contributed by atoms with Crippen molar-refractivity contribution in [3.05, 3.63) is 73.8 Å². The number of carbonyl (C=O) groups excluding carboxylic acids is 10. The van der Waals surface area contributed by atoms with Crippen LogP contribution in [-0.4, -0.2) is 160 Å². The first-order chi connectivity index (χ1) is 35.1. The number of nitrogens with two attached hydrogens (primary N) is 2. The Labute approximate surface area is 436 Å². The van der Waals surface area contributed by atoms with Crippen LogP contribution in [0.2, 0.25) is 3.98 Å². The predicted octanol–water partition coefficient (Wildman–Crippen LogP) is -1.16. The molecule has 0 saturated heterocycles. The fraction of sp³-hybridized carbons (Fsp3) is 0.458. The summed E-state index contributed by atoms with van der Waals surface area (Å²) in [4.78, 5) is 135. The van der Waals surface area contributed by atoms with Crippen molar-refractivity contribution in [2.24, 2.45) is 11.5 Å². The Morgan fingerprint density at radius 3 is 2.25 bits per heavy atom. The number of nitrogens with one attached hydrogen (secondary N) is 5. The summed E-state index contributed by atoms with van der Waals surface area (Å²) < 4.78 is 28.6. The summed E-state index contributed by atoms with van der Waals surface area (Å²) in [5.41, 5.74) is 13.6. The van der Waals surface area contributed by atoms with E-state index in [0.717, 1.165) is 45.4 Å². The number of aldehydes is 2. The van der Waals surface area contributed by atoms with E-state index in [-0.39, 0.29) is 82.7 Å². The summed E-state index contributed by atoms with van der Waals surface area (Å²) in [6.45, 7) is 6.94. The standard InChI is InChI=1S/C44H50FN8O11.C2H6.2CH3NO.Pb/c1-5-25(19-55)28-14-33-41-29(18-52(33)44(62)30(28)21-63-4)39-26(6-7-27-23(2)31(45)15-32(51-41)40(27)39)20-64-22-49-36(57)17-48-42(60)24(3)50-35(56)10-11-47-43(61)34(16-46-12-13-54)53-37(58)8-9-38(53)59;1-2;2*2-1-3;/h8-9,13-15,19,24-26,34,46H,3,5-7,10-12,16-18,20-22H2,1-2,4H3,(H,47,61)(H,48,60)(H,49,57)(H,50,56);1-2H3;2*1H,(H2,2,3);. The van der Waals surface area contributed by atoms with Gasteiger partial charge in [0.15, 0.2) is 0 Å². The Balaban J connectivity index is 0.00000165. The van der Waals surface area contributed by atoms with Gasteiger partial charge in [-0.1, -0.05) is 20.8 Å². The Bertz CT molecular complexity index is 2600. The molecule has 1 aliphatic carbocycles. The van der Waals surface area contributed by atoms with E-state index >= 15 is 4.39 Å². The molecule has 3 radical (unpaired) electrons. The molecule has 3 aromatic rings. The molecule has 4 unspecified atom stereocenters. The van der Waals surface area contributed by atoms with E-state index in [4.69, 9.17) is 24.0 Å². The van der Waals surface area contributed by atoms with Crippen LogP contribution < -0.4 is 43.6 Å². The SMILES string of the molecule is CC.CCC(C=O)c1cc2n(c(=O)c1COC)Cc1c-2nc2cc(F)c(C)c3c2c1C(COCNC(=O)CNC(=O)C([CH2][Pb])NC(=O)CCNC(=O)C(CNCC=O)N1C(=O)C=CC1=O)CC3.NC=O.NC=O. The molecular formula is C48H62FN10O13Pb. The molecule has 23 nitrogen and oxygen atoms in total. The number of fused-ring (bicyclic) bond motifs is 4. The van der Waals surface area contributed by atoms with Gasteiger partial charge in [-0.15, -0.1) is 0 Å². The number of primary amides is 2. The molecule has 4 atom stereocenters. The van der Waals surface area contributed by atoms with Crippen LogP contribution in [0.3, 0.4) is 0 Å². The Morgan fingerprint density at radius 2 is 1.64 bits per heavy atom. The molecule has 393 valence electrons. The first-order valence-electron chi connectivity index (χ1n) is 23.3. The van der Waals surface area contributed by atoms with Crippen LogP contribution in [0.15, 0.2) is 29.1 Å². The zero-order valence-electron chi connectivity index (χ0n) is 41.3. The normalized spacial score (nSPS) is 14.8. The van der Waals surface area contributed by atoms with E-state index in [1.54, 1.807) is 11.5 Å². The van der Waals surface area contributed by atoms with Crippen LogP contribution in [0.1, 0.15) is 85.3 Å². The topological polar surface area (TPSA) is 339 Å². The Hall–Kier alpha value is -6.65. The molecule has 0 saturated carbocycles. The van der Waals surface area contributed by atoms with Gasteiger partial charge in [0.2, 0.25) is 12.8 Å². The summed E-state index contributed by atoms with van der Waals surface area (Å²) in [7, 11) is 1.49. The summed E-state index contributed by atoms with van der Waals surface area (Å²) in [5.74, 6) is -4.92. The molecule has 0 bridgehead atoms. The third-order valence-electron chi connectivity index (χ3n) is 11.8. The molecule has 9 N–H and O–H groups in total. The number of halogens is 1. The maximum atomic E-state index is 15.3. The van der Waals surface area contributed by atoms with Gasteiger partial charge in [-0.25, -0.2) is 9.37 Å². The average Bonchev–Trinajstić information content (AvgIpc) is 3.92. The van der Waals surface area contributed by atoms with Crippen molar-refractivity contribution in [1.29, 1.82) is 0 Å². The zero-order valence-corrected chi connectivity index (χ0v) is 45.2. The number of amides is 8. The third kappa shape index (κ3) is 15.2. The van der Waals surface area contributed by atoms with Crippen molar-refractivity contribution in [2.75, 3.05) is 46.6 Å². The molecule has 1 aromatic carbocycles. The second-order valence-electron chi connectivity index (χ2n) is 16.1. The number of pyridine rings is 2. The molecule has 8 amide bonds. The number of ether oxygens (including phenoxy) is 2. The number of hydrogen-bond donors (Lipinski definition) is 7. The molecule has 25 heteroatoms. The molecule has 2 aliphatic heterocycles. The molecule has 73 heavy (non-hydrogen) atoms. The second-order valence-corrected chi connectivity index (χ2v) is 17.7. The molecule has 0 fully saturated rings. The minimum atomic E-state index is -1.26. The number of hydrogen-bond acceptors (Lipinski definition) is 15. The summed E-state index contributed by atoms with van der Waals surface area (Å²) in [6, 6.07) is 1.03. The van der Waals surface area contributed by atoms with Gasteiger partial charge >= 0.3 is 218 Å². The first-order valence-corrected chi connectivity index (χ1v) is 26.1. The fourth-order valence-electron chi connectivity index (χ4n) is 8.51. The fourth-order valence-corrected chi connectivity index (χ4v) is 9.63. The van der Waals surface area contributed by atoms with Gasteiger partial charge in [0.1, 0.15) is 18.4 Å². The number of imide groups is 1. The van der Waals surface area contributed by atoms with Crippen LogP contribution in [0, 0.1) is 12.7 Å². The van der Waals surface area contributed by atoms with E-state index in [0.29, 0.717) is 88.9 Å². The summed E-state index contributed by atoms with van der Waals surface area (Å²) >= 11 is 0.528. The molecular weight excluding hydrogens is 1150 g/mol. The van der Waals surface area contributed by atoms with Crippen LogP contribution in [0.25, 0.3) is 22.3 Å². The number of benzene rings is 1. The van der Waals surface area contributed by atoms with Crippen molar-refractivity contribution >= 4 is 97.5 Å². The summed E-state index contributed by atoms with van der Waals surface area (Å²) in [5, 5.41) is 13.7. The predicted molar refractivity (Wildman–Crippen MR) is 264 cm³/mol. The minimum Gasteiger partial charge on any atom is -0.372 e. The Kier molecular flexibility index (Phi) is 25.3. The minimum absolute atomic E-state index is 0.0265. The van der Waals surface area contributed by atoms with Crippen LogP contribution in [0.4, 0.5) is 4.39 Å².